The second-order valence-electron chi connectivity index (χ2n) is 4.54. The summed E-state index contributed by atoms with van der Waals surface area (Å²) in [7, 11) is 0. The Kier molecular flexibility index (Phi) is 5.20. The van der Waals surface area contributed by atoms with Crippen molar-refractivity contribution < 1.29 is 9.59 Å². The second-order valence-corrected chi connectivity index (χ2v) is 7.36. The van der Waals surface area contributed by atoms with Crippen LogP contribution in [-0.2, 0) is 9.59 Å². The second kappa shape index (κ2) is 6.54. The Labute approximate surface area is 142 Å². The number of amides is 1. The maximum absolute atomic E-state index is 12.2. The van der Waals surface area contributed by atoms with Gasteiger partial charge in [0.15, 0.2) is 5.78 Å². The smallest absolute Gasteiger partial charge is 0.254 e. The highest BCUT2D eigenvalue weighted by atomic mass is 79.9. The van der Waals surface area contributed by atoms with E-state index in [1.807, 2.05) is 19.1 Å². The van der Waals surface area contributed by atoms with E-state index in [1.165, 1.54) is 0 Å². The molecule has 0 aromatic heterocycles. The number of ketones is 1. The van der Waals surface area contributed by atoms with Gasteiger partial charge in [0.25, 0.3) is 5.91 Å². The van der Waals surface area contributed by atoms with Crippen molar-refractivity contribution >= 4 is 65.6 Å². The molecule has 1 fully saturated rings. The van der Waals surface area contributed by atoms with Gasteiger partial charge in [0, 0.05) is 15.5 Å². The van der Waals surface area contributed by atoms with Crippen LogP contribution in [0.15, 0.2) is 26.7 Å². The Morgan fingerprint density at radius 1 is 1.25 bits per heavy atom. The first-order valence-corrected chi connectivity index (χ1v) is 8.54. The van der Waals surface area contributed by atoms with Gasteiger partial charge in [-0.2, -0.15) is 0 Å². The Morgan fingerprint density at radius 2 is 1.85 bits per heavy atom. The van der Waals surface area contributed by atoms with Crippen LogP contribution >= 0.6 is 47.8 Å². The van der Waals surface area contributed by atoms with Gasteiger partial charge in [0.05, 0.1) is 10.4 Å². The number of rotatable bonds is 1. The van der Waals surface area contributed by atoms with E-state index in [4.69, 9.17) is 0 Å². The minimum absolute atomic E-state index is 0.173. The van der Waals surface area contributed by atoms with Crippen LogP contribution in [0.1, 0.15) is 17.5 Å². The average Bonchev–Trinajstić information content (AvgIpc) is 2.50. The Bertz CT molecular complexity index is 587. The predicted molar refractivity (Wildman–Crippen MR) is 89.9 cm³/mol. The molecule has 1 aromatic carbocycles. The zero-order valence-electron chi connectivity index (χ0n) is 10.7. The zero-order valence-corrected chi connectivity index (χ0v) is 15.4. The maximum Gasteiger partial charge on any atom is 0.254 e. The summed E-state index contributed by atoms with van der Waals surface area (Å²) in [6.45, 7) is 2.47. The molecule has 0 spiro atoms. The fraction of sp³-hybridized carbons (Fsp3) is 0.286. The molecule has 0 aliphatic carbocycles. The van der Waals surface area contributed by atoms with E-state index in [0.717, 1.165) is 20.1 Å². The van der Waals surface area contributed by atoms with E-state index < -0.39 is 0 Å². The fourth-order valence-electron chi connectivity index (χ4n) is 1.87. The number of carbonyl (C=O) groups excluding carboxylic acids is 2. The molecule has 1 aromatic rings. The molecule has 2 rings (SSSR count). The van der Waals surface area contributed by atoms with Crippen LogP contribution in [0.3, 0.4) is 0 Å². The lowest BCUT2D eigenvalue weighted by Gasteiger charge is -2.07. The molecule has 1 amide bonds. The lowest BCUT2D eigenvalue weighted by atomic mass is 10.0. The first-order chi connectivity index (χ1) is 9.40. The minimum atomic E-state index is -0.315. The van der Waals surface area contributed by atoms with E-state index >= 15 is 0 Å². The van der Waals surface area contributed by atoms with Gasteiger partial charge in [-0.25, -0.2) is 0 Å². The topological polar surface area (TPSA) is 46.2 Å². The first kappa shape index (κ1) is 15.9. The highest BCUT2D eigenvalue weighted by molar-refractivity contribution is 9.11. The summed E-state index contributed by atoms with van der Waals surface area (Å²) in [6, 6.07) is 3.78. The average molecular weight is 466 g/mol. The largest absolute Gasteiger partial charge is 0.352 e. The third-order valence-corrected chi connectivity index (χ3v) is 5.61. The van der Waals surface area contributed by atoms with Crippen LogP contribution in [0.2, 0.25) is 0 Å². The number of hydrogen-bond donors (Lipinski definition) is 1. The fourth-order valence-corrected chi connectivity index (χ4v) is 3.57. The predicted octanol–water partition coefficient (Wildman–Crippen LogP) is 3.76. The van der Waals surface area contributed by atoms with Crippen molar-refractivity contribution in [1.29, 1.82) is 0 Å². The van der Waals surface area contributed by atoms with E-state index in [2.05, 4.69) is 53.1 Å². The molecule has 3 nitrogen and oxygen atoms in total. The van der Waals surface area contributed by atoms with Gasteiger partial charge in [-0.15, -0.1) is 0 Å². The number of Topliss-reactive ketones (excluding diaryl/α,β-unsaturated/α-hetero) is 1. The summed E-state index contributed by atoms with van der Waals surface area (Å²) in [5, 5.41) is 2.73. The van der Waals surface area contributed by atoms with Crippen molar-refractivity contribution in [3.8, 4) is 0 Å². The van der Waals surface area contributed by atoms with Gasteiger partial charge in [-0.3, -0.25) is 9.59 Å². The normalized spacial score (nSPS) is 21.8. The molecule has 20 heavy (non-hydrogen) atoms. The molecule has 1 aliphatic rings. The molecule has 1 saturated heterocycles. The number of benzene rings is 1. The van der Waals surface area contributed by atoms with E-state index in [1.54, 1.807) is 6.08 Å². The van der Waals surface area contributed by atoms with E-state index in [0.29, 0.717) is 13.0 Å². The highest BCUT2D eigenvalue weighted by Gasteiger charge is 2.27. The van der Waals surface area contributed by atoms with Crippen LogP contribution in [0.25, 0.3) is 6.08 Å². The molecule has 1 heterocycles. The maximum atomic E-state index is 12.2. The Balaban J connectivity index is 2.46. The van der Waals surface area contributed by atoms with E-state index in [9.17, 15) is 9.59 Å². The summed E-state index contributed by atoms with van der Waals surface area (Å²) >= 11 is 10.3. The standard InChI is InChI=1S/C14H12Br3NO2/c1-7-11(16)5-8(6-12(7)17)4-9-13(19)10(15)2-3-18-14(9)20/h4-6,10H,2-3H2,1H3,(H,18,20)/b9-4+. The van der Waals surface area contributed by atoms with Crippen molar-refractivity contribution in [3.63, 3.8) is 0 Å². The lowest BCUT2D eigenvalue weighted by molar-refractivity contribution is -0.121. The number of halogens is 3. The third-order valence-electron chi connectivity index (χ3n) is 3.09. The molecule has 6 heteroatoms. The lowest BCUT2D eigenvalue weighted by Crippen LogP contribution is -2.25. The van der Waals surface area contributed by atoms with Crippen molar-refractivity contribution in [3.05, 3.63) is 37.8 Å². The van der Waals surface area contributed by atoms with Crippen LogP contribution < -0.4 is 5.32 Å². The Hall–Kier alpha value is -0.460. The quantitative estimate of drug-likeness (QED) is 0.390. The summed E-state index contributed by atoms with van der Waals surface area (Å²) in [4.78, 5) is 23.8. The summed E-state index contributed by atoms with van der Waals surface area (Å²) in [5.41, 5.74) is 2.06. The van der Waals surface area contributed by atoms with Gasteiger partial charge in [0.2, 0.25) is 0 Å². The molecule has 0 saturated carbocycles. The SMILES string of the molecule is Cc1c(Br)cc(/C=C2/C(=O)NCCC(Br)C2=O)cc1Br. The van der Waals surface area contributed by atoms with Crippen LogP contribution in [-0.4, -0.2) is 23.1 Å². The zero-order chi connectivity index (χ0) is 14.9. The third kappa shape index (κ3) is 3.40. The number of alkyl halides is 1. The molecular weight excluding hydrogens is 454 g/mol. The molecule has 106 valence electrons. The number of hydrogen-bond acceptors (Lipinski definition) is 2. The van der Waals surface area contributed by atoms with Gasteiger partial charge in [-0.1, -0.05) is 47.8 Å². The van der Waals surface area contributed by atoms with Gasteiger partial charge in [0.1, 0.15) is 0 Å². The van der Waals surface area contributed by atoms with Crippen molar-refractivity contribution in [1.82, 2.24) is 5.32 Å². The van der Waals surface area contributed by atoms with Crippen molar-refractivity contribution in [2.24, 2.45) is 0 Å². The number of carbonyl (C=O) groups is 2. The molecule has 1 unspecified atom stereocenters. The molecular formula is C14H12Br3NO2. The van der Waals surface area contributed by atoms with Gasteiger partial charge < -0.3 is 5.32 Å². The molecule has 0 radical (unpaired) electrons. The minimum Gasteiger partial charge on any atom is -0.352 e. The summed E-state index contributed by atoms with van der Waals surface area (Å²) < 4.78 is 1.85. The summed E-state index contributed by atoms with van der Waals surface area (Å²) in [6.07, 6.45) is 2.23. The van der Waals surface area contributed by atoms with Gasteiger partial charge in [-0.05, 0) is 42.7 Å². The first-order valence-electron chi connectivity index (χ1n) is 6.04. The van der Waals surface area contributed by atoms with Crippen LogP contribution in [0.5, 0.6) is 0 Å². The number of nitrogens with one attached hydrogen (secondary N) is 1. The van der Waals surface area contributed by atoms with E-state index in [-0.39, 0.29) is 22.1 Å². The molecule has 1 atom stereocenters. The van der Waals surface area contributed by atoms with Crippen molar-refractivity contribution in [2.45, 2.75) is 18.2 Å². The highest BCUT2D eigenvalue weighted by Crippen LogP contribution is 2.28. The van der Waals surface area contributed by atoms with Crippen molar-refractivity contribution in [2.75, 3.05) is 6.54 Å². The molecule has 0 bridgehead atoms. The van der Waals surface area contributed by atoms with Crippen LogP contribution in [0, 0.1) is 6.92 Å². The van der Waals surface area contributed by atoms with Crippen LogP contribution in [0.4, 0.5) is 0 Å². The van der Waals surface area contributed by atoms with Gasteiger partial charge >= 0.3 is 0 Å². The Morgan fingerprint density at radius 3 is 2.45 bits per heavy atom. The monoisotopic (exact) mass is 463 g/mol. The molecule has 1 aliphatic heterocycles. The summed E-state index contributed by atoms with van der Waals surface area (Å²) in [5.74, 6) is -0.488. The molecule has 1 N–H and O–H groups in total.